The van der Waals surface area contributed by atoms with E-state index < -0.39 is 0 Å². The molecule has 4 aromatic heterocycles. The first-order valence-corrected chi connectivity index (χ1v) is 14.6. The van der Waals surface area contributed by atoms with Crippen molar-refractivity contribution in [2.45, 2.75) is 0 Å². The molecular weight excluding hydrogens is 526 g/mol. The molecule has 0 fully saturated rings. The number of para-hydroxylation sites is 4. The molecule has 0 saturated carbocycles. The molecule has 0 saturated heterocycles. The van der Waals surface area contributed by atoms with Crippen molar-refractivity contribution in [3.05, 3.63) is 140 Å². The topological polar surface area (TPSA) is 35.9 Å². The van der Waals surface area contributed by atoms with Crippen LogP contribution in [0.1, 0.15) is 0 Å². The first-order valence-electron chi connectivity index (χ1n) is 14.6. The van der Waals surface area contributed by atoms with Gasteiger partial charge in [0.2, 0.25) is 0 Å². The molecule has 10 aromatic rings. The second-order valence-electron chi connectivity index (χ2n) is 11.2. The maximum atomic E-state index is 6.39. The Hall–Kier alpha value is -5.87. The van der Waals surface area contributed by atoms with Gasteiger partial charge in [-0.1, -0.05) is 78.9 Å². The Morgan fingerprint density at radius 1 is 0.442 bits per heavy atom. The minimum absolute atomic E-state index is 0.881. The monoisotopic (exact) mass is 549 g/mol. The number of rotatable bonds is 2. The van der Waals surface area contributed by atoms with Crippen molar-refractivity contribution in [1.29, 1.82) is 0 Å². The molecule has 0 unspecified atom stereocenters. The third-order valence-electron chi connectivity index (χ3n) is 8.92. The summed E-state index contributed by atoms with van der Waals surface area (Å²) in [5.74, 6) is 0. The van der Waals surface area contributed by atoms with E-state index in [0.29, 0.717) is 0 Å². The van der Waals surface area contributed by atoms with Crippen molar-refractivity contribution in [2.75, 3.05) is 0 Å². The van der Waals surface area contributed by atoms with E-state index in [1.807, 2.05) is 18.3 Å². The highest BCUT2D eigenvalue weighted by Gasteiger charge is 2.25. The molecule has 0 aliphatic carbocycles. The van der Waals surface area contributed by atoms with Crippen LogP contribution in [0.15, 0.2) is 144 Å². The third kappa shape index (κ3) is 2.97. The van der Waals surface area contributed by atoms with Gasteiger partial charge < -0.3 is 13.6 Å². The average molecular weight is 550 g/mol. The Bertz CT molecular complexity index is 2730. The van der Waals surface area contributed by atoms with Crippen LogP contribution in [0, 0.1) is 0 Å². The molecule has 4 heterocycles. The Balaban J connectivity index is 1.49. The summed E-state index contributed by atoms with van der Waals surface area (Å²) in [6.45, 7) is 0. The average Bonchev–Trinajstić information content (AvgIpc) is 3.73. The van der Waals surface area contributed by atoms with E-state index in [-0.39, 0.29) is 0 Å². The molecule has 10 rings (SSSR count). The molecule has 0 aliphatic heterocycles. The maximum Gasteiger partial charge on any atom is 0.137 e. The van der Waals surface area contributed by atoms with Gasteiger partial charge in [0.25, 0.3) is 0 Å². The normalized spacial score (nSPS) is 12.2. The fourth-order valence-corrected chi connectivity index (χ4v) is 7.21. The molecule has 0 N–H and O–H groups in total. The zero-order chi connectivity index (χ0) is 28.1. The Kier molecular flexibility index (Phi) is 4.42. The van der Waals surface area contributed by atoms with Crippen molar-refractivity contribution in [1.82, 2.24) is 14.1 Å². The van der Waals surface area contributed by atoms with Crippen LogP contribution in [0.3, 0.4) is 0 Å². The number of hydrogen-bond acceptors (Lipinski definition) is 2. The Labute approximate surface area is 245 Å². The number of furan rings is 1. The minimum Gasteiger partial charge on any atom is -0.456 e. The largest absolute Gasteiger partial charge is 0.456 e. The summed E-state index contributed by atoms with van der Waals surface area (Å²) in [6, 6.07) is 47.2. The van der Waals surface area contributed by atoms with E-state index in [0.717, 1.165) is 71.7 Å². The van der Waals surface area contributed by atoms with Crippen LogP contribution in [0.5, 0.6) is 0 Å². The van der Waals surface area contributed by atoms with Crippen molar-refractivity contribution in [2.24, 2.45) is 0 Å². The molecule has 0 atom stereocenters. The molecule has 0 radical (unpaired) electrons. The molecular formula is C39H23N3O. The summed E-state index contributed by atoms with van der Waals surface area (Å²) in [5.41, 5.74) is 9.60. The second-order valence-corrected chi connectivity index (χ2v) is 11.2. The minimum atomic E-state index is 0.881. The van der Waals surface area contributed by atoms with Gasteiger partial charge in [-0.25, -0.2) is 0 Å². The van der Waals surface area contributed by atoms with Gasteiger partial charge in [-0.3, -0.25) is 4.98 Å². The Morgan fingerprint density at radius 3 is 1.86 bits per heavy atom. The van der Waals surface area contributed by atoms with E-state index in [4.69, 9.17) is 9.40 Å². The lowest BCUT2D eigenvalue weighted by molar-refractivity contribution is 0.668. The number of nitrogens with zero attached hydrogens (tertiary/aromatic N) is 3. The van der Waals surface area contributed by atoms with Crippen molar-refractivity contribution >= 4 is 76.5 Å². The van der Waals surface area contributed by atoms with Gasteiger partial charge >= 0.3 is 0 Å². The first-order chi connectivity index (χ1) is 21.4. The fourth-order valence-electron chi connectivity index (χ4n) is 7.21. The molecule has 4 nitrogen and oxygen atoms in total. The highest BCUT2D eigenvalue weighted by molar-refractivity contribution is 6.35. The number of benzene rings is 6. The highest BCUT2D eigenvalue weighted by atomic mass is 16.3. The third-order valence-corrected chi connectivity index (χ3v) is 8.92. The van der Waals surface area contributed by atoms with Crippen molar-refractivity contribution in [3.8, 4) is 11.4 Å². The molecule has 0 amide bonds. The van der Waals surface area contributed by atoms with E-state index >= 15 is 0 Å². The first kappa shape index (κ1) is 22.8. The molecule has 43 heavy (non-hydrogen) atoms. The quantitative estimate of drug-likeness (QED) is 0.215. The molecule has 0 aliphatic rings. The summed E-state index contributed by atoms with van der Waals surface area (Å²) in [4.78, 5) is 5.03. The lowest BCUT2D eigenvalue weighted by Gasteiger charge is -2.13. The maximum absolute atomic E-state index is 6.39. The van der Waals surface area contributed by atoms with Crippen LogP contribution in [0.25, 0.3) is 87.8 Å². The molecule has 4 heteroatoms. The molecule has 0 bridgehead atoms. The van der Waals surface area contributed by atoms with Gasteiger partial charge in [0, 0.05) is 55.7 Å². The summed E-state index contributed by atoms with van der Waals surface area (Å²) < 4.78 is 11.2. The van der Waals surface area contributed by atoms with Crippen molar-refractivity contribution in [3.63, 3.8) is 0 Å². The predicted molar refractivity (Wildman–Crippen MR) is 178 cm³/mol. The highest BCUT2D eigenvalue weighted by Crippen LogP contribution is 2.46. The number of fused-ring (bicyclic) bond motifs is 13. The van der Waals surface area contributed by atoms with E-state index in [2.05, 4.69) is 130 Å². The van der Waals surface area contributed by atoms with Crippen molar-refractivity contribution < 1.29 is 4.42 Å². The summed E-state index contributed by atoms with van der Waals surface area (Å²) >= 11 is 0. The van der Waals surface area contributed by atoms with Gasteiger partial charge in [0.05, 0.1) is 33.3 Å². The zero-order valence-corrected chi connectivity index (χ0v) is 23.0. The van der Waals surface area contributed by atoms with Crippen LogP contribution >= 0.6 is 0 Å². The SMILES string of the molecule is c1ccc(-n2c3ccccc3c3c4ncccc4c4c5ccccc5n(-c5ccc6c(c5)oc5ccccc56)c4c32)cc1. The van der Waals surface area contributed by atoms with Crippen LogP contribution in [0.2, 0.25) is 0 Å². The van der Waals surface area contributed by atoms with Gasteiger partial charge in [-0.05, 0) is 48.5 Å². The molecule has 6 aromatic carbocycles. The lowest BCUT2D eigenvalue weighted by Crippen LogP contribution is -1.99. The summed E-state index contributed by atoms with van der Waals surface area (Å²) in [7, 11) is 0. The lowest BCUT2D eigenvalue weighted by atomic mass is 10.0. The van der Waals surface area contributed by atoms with Crippen LogP contribution in [-0.4, -0.2) is 14.1 Å². The summed E-state index contributed by atoms with van der Waals surface area (Å²) in [6.07, 6.45) is 1.91. The second kappa shape index (κ2) is 8.34. The predicted octanol–water partition coefficient (Wildman–Crippen LogP) is 10.3. The Morgan fingerprint density at radius 2 is 1.05 bits per heavy atom. The van der Waals surface area contributed by atoms with Gasteiger partial charge in [0.15, 0.2) is 0 Å². The van der Waals surface area contributed by atoms with Crippen LogP contribution < -0.4 is 0 Å². The van der Waals surface area contributed by atoms with E-state index in [1.54, 1.807) is 0 Å². The van der Waals surface area contributed by atoms with Gasteiger partial charge in [-0.15, -0.1) is 0 Å². The zero-order valence-electron chi connectivity index (χ0n) is 23.0. The van der Waals surface area contributed by atoms with Gasteiger partial charge in [0.1, 0.15) is 11.2 Å². The smallest absolute Gasteiger partial charge is 0.137 e. The number of hydrogen-bond donors (Lipinski definition) is 0. The fraction of sp³-hybridized carbons (Fsp3) is 0. The van der Waals surface area contributed by atoms with Crippen LogP contribution in [0.4, 0.5) is 0 Å². The molecule has 0 spiro atoms. The van der Waals surface area contributed by atoms with E-state index in [9.17, 15) is 0 Å². The van der Waals surface area contributed by atoms with Gasteiger partial charge in [-0.2, -0.15) is 0 Å². The standard InChI is InChI=1S/C39H23N3O/c1-2-11-24(12-3-1)41-32-18-8-5-15-29(32)36-37-30(16-10-22-40-37)35-28-14-4-7-17-31(28)42(38(35)39(36)41)25-20-21-27-26-13-6-9-19-33(26)43-34(27)23-25/h1-23H. The molecule has 200 valence electrons. The van der Waals surface area contributed by atoms with Crippen LogP contribution in [-0.2, 0) is 0 Å². The number of pyridine rings is 1. The summed E-state index contributed by atoms with van der Waals surface area (Å²) in [5, 5.41) is 8.17. The van der Waals surface area contributed by atoms with E-state index in [1.165, 1.54) is 16.2 Å². The number of aromatic nitrogens is 3.